The van der Waals surface area contributed by atoms with E-state index in [4.69, 9.17) is 5.73 Å². The first-order valence-corrected chi connectivity index (χ1v) is 6.25. The van der Waals surface area contributed by atoms with Crippen molar-refractivity contribution in [3.8, 4) is 0 Å². The maximum Gasteiger partial charge on any atom is 0.128 e. The van der Waals surface area contributed by atoms with E-state index >= 15 is 0 Å². The molecule has 0 fully saturated rings. The van der Waals surface area contributed by atoms with Gasteiger partial charge < -0.3 is 10.6 Å². The van der Waals surface area contributed by atoms with Gasteiger partial charge in [0.15, 0.2) is 0 Å². The van der Waals surface area contributed by atoms with E-state index in [1.807, 2.05) is 37.1 Å². The van der Waals surface area contributed by atoms with Gasteiger partial charge in [-0.2, -0.15) is 0 Å². The van der Waals surface area contributed by atoms with Crippen LogP contribution in [0.1, 0.15) is 24.2 Å². The van der Waals surface area contributed by atoms with E-state index in [2.05, 4.69) is 4.98 Å². The maximum atomic E-state index is 13.8. The van der Waals surface area contributed by atoms with Crippen LogP contribution < -0.4 is 10.6 Å². The summed E-state index contributed by atoms with van der Waals surface area (Å²) in [5, 5.41) is 0. The van der Waals surface area contributed by atoms with Crippen molar-refractivity contribution in [3.05, 3.63) is 59.7 Å². The van der Waals surface area contributed by atoms with Crippen LogP contribution in [0.5, 0.6) is 0 Å². The highest BCUT2D eigenvalue weighted by atomic mass is 19.1. The van der Waals surface area contributed by atoms with E-state index in [1.165, 1.54) is 6.07 Å². The van der Waals surface area contributed by atoms with E-state index in [-0.39, 0.29) is 11.9 Å². The fourth-order valence-corrected chi connectivity index (χ4v) is 1.99. The predicted molar refractivity (Wildman–Crippen MR) is 75.3 cm³/mol. The molecule has 4 heteroatoms. The molecule has 0 saturated heterocycles. The molecular weight excluding hydrogens is 241 g/mol. The normalized spacial score (nSPS) is 12.2. The van der Waals surface area contributed by atoms with Crippen molar-refractivity contribution in [2.45, 2.75) is 19.5 Å². The van der Waals surface area contributed by atoms with Gasteiger partial charge in [-0.3, -0.25) is 4.98 Å². The Balaban J connectivity index is 2.23. The lowest BCUT2D eigenvalue weighted by atomic mass is 10.1. The predicted octanol–water partition coefficient (Wildman–Crippen LogP) is 2.88. The molecular formula is C15H18FN3. The molecule has 0 spiro atoms. The minimum atomic E-state index is -0.187. The van der Waals surface area contributed by atoms with Crippen molar-refractivity contribution in [2.75, 3.05) is 11.9 Å². The summed E-state index contributed by atoms with van der Waals surface area (Å²) in [6.07, 6.45) is 1.76. The summed E-state index contributed by atoms with van der Waals surface area (Å²) < 4.78 is 13.8. The molecule has 0 amide bonds. The lowest BCUT2D eigenvalue weighted by Gasteiger charge is -2.27. The third kappa shape index (κ3) is 2.90. The zero-order chi connectivity index (χ0) is 13.8. The molecule has 1 atom stereocenters. The minimum Gasteiger partial charge on any atom is -0.366 e. The van der Waals surface area contributed by atoms with Gasteiger partial charge in [0.1, 0.15) is 5.82 Å². The van der Waals surface area contributed by atoms with Gasteiger partial charge in [0.05, 0.1) is 23.6 Å². The first-order valence-electron chi connectivity index (χ1n) is 6.25. The number of benzene rings is 1. The molecule has 3 nitrogen and oxygen atoms in total. The van der Waals surface area contributed by atoms with Crippen LogP contribution in [0.3, 0.4) is 0 Å². The molecule has 1 unspecified atom stereocenters. The van der Waals surface area contributed by atoms with Gasteiger partial charge in [0, 0.05) is 19.2 Å². The van der Waals surface area contributed by atoms with Crippen molar-refractivity contribution < 1.29 is 4.39 Å². The number of hydrogen-bond acceptors (Lipinski definition) is 3. The molecule has 19 heavy (non-hydrogen) atoms. The number of nitrogens with two attached hydrogens (primary N) is 1. The van der Waals surface area contributed by atoms with Crippen LogP contribution in [-0.2, 0) is 6.54 Å². The molecule has 0 saturated carbocycles. The van der Waals surface area contributed by atoms with Crippen molar-refractivity contribution in [3.63, 3.8) is 0 Å². The Bertz CT molecular complexity index is 539. The van der Waals surface area contributed by atoms with Crippen molar-refractivity contribution >= 4 is 5.69 Å². The number of nitrogens with zero attached hydrogens (tertiary/aromatic N) is 2. The second-order valence-electron chi connectivity index (χ2n) is 4.52. The molecule has 0 aliphatic carbocycles. The summed E-state index contributed by atoms with van der Waals surface area (Å²) in [6.45, 7) is 2.39. The zero-order valence-electron chi connectivity index (χ0n) is 11.2. The smallest absolute Gasteiger partial charge is 0.128 e. The molecule has 2 rings (SSSR count). The van der Waals surface area contributed by atoms with Gasteiger partial charge in [-0.15, -0.1) is 0 Å². The summed E-state index contributed by atoms with van der Waals surface area (Å²) in [5.74, 6) is -0.187. The van der Waals surface area contributed by atoms with Crippen LogP contribution >= 0.6 is 0 Å². The monoisotopic (exact) mass is 259 g/mol. The average molecular weight is 259 g/mol. The Morgan fingerprint density at radius 3 is 2.58 bits per heavy atom. The number of hydrogen-bond donors (Lipinski definition) is 1. The van der Waals surface area contributed by atoms with E-state index in [0.717, 1.165) is 11.4 Å². The first kappa shape index (κ1) is 13.5. The van der Waals surface area contributed by atoms with Gasteiger partial charge in [-0.1, -0.05) is 18.2 Å². The van der Waals surface area contributed by atoms with Crippen LogP contribution in [0, 0.1) is 5.82 Å². The average Bonchev–Trinajstić information content (AvgIpc) is 2.46. The zero-order valence-corrected chi connectivity index (χ0v) is 11.2. The van der Waals surface area contributed by atoms with Crippen molar-refractivity contribution in [1.82, 2.24) is 4.98 Å². The lowest BCUT2D eigenvalue weighted by Crippen LogP contribution is -2.22. The van der Waals surface area contributed by atoms with E-state index in [1.54, 1.807) is 18.3 Å². The Hall–Kier alpha value is -1.94. The number of anilines is 1. The second kappa shape index (κ2) is 5.80. The quantitative estimate of drug-likeness (QED) is 0.918. The van der Waals surface area contributed by atoms with Crippen LogP contribution in [0.25, 0.3) is 0 Å². The first-order chi connectivity index (χ1) is 9.13. The molecule has 100 valence electrons. The summed E-state index contributed by atoms with van der Waals surface area (Å²) >= 11 is 0. The Morgan fingerprint density at radius 1 is 1.26 bits per heavy atom. The maximum absolute atomic E-state index is 13.8. The van der Waals surface area contributed by atoms with Crippen LogP contribution in [0.15, 0.2) is 42.6 Å². The van der Waals surface area contributed by atoms with Crippen LogP contribution in [-0.4, -0.2) is 12.0 Å². The highest BCUT2D eigenvalue weighted by Crippen LogP contribution is 2.26. The van der Waals surface area contributed by atoms with E-state index < -0.39 is 0 Å². The number of aromatic nitrogens is 1. The highest BCUT2D eigenvalue weighted by molar-refractivity contribution is 5.46. The standard InChI is InChI=1S/C15H18FN3/c1-11(14-5-3-4-6-15(14)16)19(2)13-8-7-12(9-17)18-10-13/h3-8,10-11H,9,17H2,1-2H3. The minimum absolute atomic E-state index is 0.0632. The third-order valence-electron chi connectivity index (χ3n) is 3.36. The fraction of sp³-hybridized carbons (Fsp3) is 0.267. The molecule has 1 aromatic carbocycles. The third-order valence-corrected chi connectivity index (χ3v) is 3.36. The molecule has 0 aliphatic rings. The topological polar surface area (TPSA) is 42.1 Å². The molecule has 0 aliphatic heterocycles. The summed E-state index contributed by atoms with van der Waals surface area (Å²) in [5.41, 5.74) is 7.98. The molecule has 1 aromatic heterocycles. The van der Waals surface area contributed by atoms with Crippen molar-refractivity contribution in [1.29, 1.82) is 0 Å². The summed E-state index contributed by atoms with van der Waals surface area (Å²) in [7, 11) is 1.93. The van der Waals surface area contributed by atoms with Crippen LogP contribution in [0.4, 0.5) is 10.1 Å². The summed E-state index contributed by atoms with van der Waals surface area (Å²) in [4.78, 5) is 6.25. The van der Waals surface area contributed by atoms with Gasteiger partial charge in [-0.25, -0.2) is 4.39 Å². The number of halogens is 1. The Labute approximate surface area is 112 Å². The van der Waals surface area contributed by atoms with E-state index in [9.17, 15) is 4.39 Å². The molecule has 1 heterocycles. The van der Waals surface area contributed by atoms with Crippen LogP contribution in [0.2, 0.25) is 0 Å². The largest absolute Gasteiger partial charge is 0.366 e. The SMILES string of the molecule is CC(c1ccccc1F)N(C)c1ccc(CN)nc1. The van der Waals surface area contributed by atoms with Gasteiger partial charge >= 0.3 is 0 Å². The van der Waals surface area contributed by atoms with Gasteiger partial charge in [0.2, 0.25) is 0 Å². The lowest BCUT2D eigenvalue weighted by molar-refractivity contribution is 0.585. The number of pyridine rings is 1. The molecule has 0 bridgehead atoms. The van der Waals surface area contributed by atoms with Gasteiger partial charge in [0.25, 0.3) is 0 Å². The van der Waals surface area contributed by atoms with Crippen molar-refractivity contribution in [2.24, 2.45) is 5.73 Å². The molecule has 0 radical (unpaired) electrons. The molecule has 2 N–H and O–H groups in total. The second-order valence-corrected chi connectivity index (χ2v) is 4.52. The summed E-state index contributed by atoms with van der Waals surface area (Å²) in [6, 6.07) is 10.6. The molecule has 2 aromatic rings. The fourth-order valence-electron chi connectivity index (χ4n) is 1.99. The van der Waals surface area contributed by atoms with E-state index in [0.29, 0.717) is 12.1 Å². The van der Waals surface area contributed by atoms with Gasteiger partial charge in [-0.05, 0) is 25.1 Å². The Morgan fingerprint density at radius 2 is 2.00 bits per heavy atom. The highest BCUT2D eigenvalue weighted by Gasteiger charge is 2.15. The Kier molecular flexibility index (Phi) is 4.12. The number of rotatable bonds is 4.